The van der Waals surface area contributed by atoms with E-state index in [9.17, 15) is 23.1 Å². The molecule has 0 aliphatic rings. The minimum Gasteiger partial charge on any atom is -0.512 e. The second-order valence-corrected chi connectivity index (χ2v) is 14.9. The molecule has 6 aromatic rings. The van der Waals surface area contributed by atoms with Gasteiger partial charge in [-0.3, -0.25) is 9.78 Å². The van der Waals surface area contributed by atoms with Gasteiger partial charge in [-0.2, -0.15) is 13.2 Å². The fraction of sp³-hybridized carbons (Fsp3) is 0.349. The third-order valence-electron chi connectivity index (χ3n) is 9.62. The van der Waals surface area contributed by atoms with E-state index in [1.807, 2.05) is 76.2 Å². The molecule has 0 aliphatic heterocycles. The first-order chi connectivity index (χ1) is 23.7. The van der Waals surface area contributed by atoms with Crippen LogP contribution in [0.3, 0.4) is 0 Å². The number of ketones is 1. The van der Waals surface area contributed by atoms with Gasteiger partial charge >= 0.3 is 6.18 Å². The molecule has 0 atom stereocenters. The van der Waals surface area contributed by atoms with E-state index in [1.165, 1.54) is 17.4 Å². The van der Waals surface area contributed by atoms with Crippen LogP contribution in [-0.2, 0) is 36.5 Å². The number of aliphatic hydroxyl groups excluding tert-OH is 1. The Labute approximate surface area is 316 Å². The molecule has 0 bridgehead atoms. The fourth-order valence-corrected chi connectivity index (χ4v) is 7.95. The Bertz CT molecular complexity index is 2190. The maximum atomic E-state index is 14.0. The quantitative estimate of drug-likeness (QED) is 0.0941. The first kappa shape index (κ1) is 40.2. The molecule has 2 aromatic heterocycles. The van der Waals surface area contributed by atoms with Crippen molar-refractivity contribution in [2.75, 3.05) is 0 Å². The zero-order valence-electron chi connectivity index (χ0n) is 30.2. The number of carbonyl (C=O) groups excluding carboxylic acids is 1. The number of halogens is 3. The molecule has 0 amide bonds. The zero-order valence-corrected chi connectivity index (χ0v) is 33.4. The minimum absolute atomic E-state index is 0. The summed E-state index contributed by atoms with van der Waals surface area (Å²) in [5.74, 6) is 0.547. The van der Waals surface area contributed by atoms with Crippen LogP contribution in [-0.4, -0.2) is 15.9 Å². The predicted molar refractivity (Wildman–Crippen MR) is 204 cm³/mol. The molecule has 271 valence electrons. The number of carbonyl (C=O) groups is 1. The van der Waals surface area contributed by atoms with Crippen LogP contribution in [0.5, 0.6) is 0 Å². The molecule has 0 fully saturated rings. The van der Waals surface area contributed by atoms with Gasteiger partial charge in [-0.1, -0.05) is 108 Å². The number of allylic oxidation sites excluding steroid dienone is 2. The van der Waals surface area contributed by atoms with Crippen molar-refractivity contribution in [3.05, 3.63) is 102 Å². The Morgan fingerprint density at radius 2 is 1.41 bits per heavy atom. The van der Waals surface area contributed by atoms with Gasteiger partial charge in [0.2, 0.25) is 0 Å². The van der Waals surface area contributed by atoms with Gasteiger partial charge in [0.05, 0.1) is 11.3 Å². The molecule has 4 aromatic carbocycles. The van der Waals surface area contributed by atoms with E-state index < -0.39 is 11.7 Å². The minimum atomic E-state index is -4.50. The van der Waals surface area contributed by atoms with Crippen LogP contribution >= 0.6 is 11.3 Å². The molecule has 2 heterocycles. The van der Waals surface area contributed by atoms with Crippen LogP contribution in [0, 0.1) is 17.9 Å². The SMILES string of the molecule is CC(C)(C)c1cc(-c2ncc(C(F)(F)F)c3ccc4c5ccccc5sc4c23)[c-]c2ccccc12.CCC(CC)C(=O)/C=C(\O)C(CC)CC.[Ir]. The number of nitrogens with zero attached hydrogens (tertiary/aromatic N) is 1. The molecule has 0 saturated heterocycles. The normalized spacial score (nSPS) is 12.5. The number of fused-ring (bicyclic) bond motifs is 6. The van der Waals surface area contributed by atoms with Gasteiger partial charge in [-0.25, -0.2) is 0 Å². The first-order valence-electron chi connectivity index (χ1n) is 17.4. The Balaban J connectivity index is 0.000000312. The summed E-state index contributed by atoms with van der Waals surface area (Å²) in [7, 11) is 0. The summed E-state index contributed by atoms with van der Waals surface area (Å²) in [6, 6.07) is 24.9. The van der Waals surface area contributed by atoms with Crippen molar-refractivity contribution >= 4 is 58.8 Å². The molecule has 0 aliphatic carbocycles. The summed E-state index contributed by atoms with van der Waals surface area (Å²) in [5.41, 5.74) is 1.46. The monoisotopic (exact) mass is 889 g/mol. The van der Waals surface area contributed by atoms with E-state index in [-0.39, 0.29) is 54.3 Å². The van der Waals surface area contributed by atoms with Crippen molar-refractivity contribution < 1.29 is 43.2 Å². The molecule has 6 rings (SSSR count). The number of rotatable bonds is 8. The Morgan fingerprint density at radius 1 is 0.824 bits per heavy atom. The molecule has 0 spiro atoms. The number of hydrogen-bond donors (Lipinski definition) is 1. The summed E-state index contributed by atoms with van der Waals surface area (Å²) in [5, 5.41) is 14.5. The number of alkyl halides is 3. The van der Waals surface area contributed by atoms with Gasteiger partial charge in [0.25, 0.3) is 0 Å². The van der Waals surface area contributed by atoms with Crippen molar-refractivity contribution in [2.24, 2.45) is 11.8 Å². The number of benzene rings is 4. The van der Waals surface area contributed by atoms with E-state index in [1.54, 1.807) is 12.1 Å². The molecular weight excluding hydrogens is 844 g/mol. The summed E-state index contributed by atoms with van der Waals surface area (Å²) in [4.78, 5) is 16.2. The van der Waals surface area contributed by atoms with E-state index in [0.29, 0.717) is 16.6 Å². The summed E-state index contributed by atoms with van der Waals surface area (Å²) in [6.07, 6.45) is 1.37. The third-order valence-corrected chi connectivity index (χ3v) is 10.8. The van der Waals surface area contributed by atoms with Crippen LogP contribution in [0.25, 0.3) is 53.0 Å². The molecular formula is C43H45F3IrNO2S-. The molecule has 3 nitrogen and oxygen atoms in total. The maximum absolute atomic E-state index is 14.0. The van der Waals surface area contributed by atoms with Crippen molar-refractivity contribution in [1.82, 2.24) is 4.98 Å². The maximum Gasteiger partial charge on any atom is 0.418 e. The Kier molecular flexibility index (Phi) is 12.9. The zero-order chi connectivity index (χ0) is 36.4. The summed E-state index contributed by atoms with van der Waals surface area (Å²) >= 11 is 1.51. The summed E-state index contributed by atoms with van der Waals surface area (Å²) < 4.78 is 44.0. The Morgan fingerprint density at radius 3 is 2.02 bits per heavy atom. The molecule has 0 saturated carbocycles. The van der Waals surface area contributed by atoms with Crippen LogP contribution in [0.4, 0.5) is 13.2 Å². The van der Waals surface area contributed by atoms with Gasteiger partial charge in [0.15, 0.2) is 5.78 Å². The van der Waals surface area contributed by atoms with Crippen molar-refractivity contribution in [3.63, 3.8) is 0 Å². The topological polar surface area (TPSA) is 50.2 Å². The van der Waals surface area contributed by atoms with Gasteiger partial charge in [-0.15, -0.1) is 40.5 Å². The van der Waals surface area contributed by atoms with Gasteiger partial charge in [0, 0.05) is 70.1 Å². The van der Waals surface area contributed by atoms with Crippen LogP contribution in [0.1, 0.15) is 85.3 Å². The molecule has 51 heavy (non-hydrogen) atoms. The number of thiophene rings is 1. The first-order valence-corrected chi connectivity index (χ1v) is 18.2. The molecule has 0 unspecified atom stereocenters. The van der Waals surface area contributed by atoms with E-state index in [4.69, 9.17) is 0 Å². The molecule has 1 radical (unpaired) electrons. The summed E-state index contributed by atoms with van der Waals surface area (Å²) in [6.45, 7) is 14.5. The van der Waals surface area contributed by atoms with Crippen molar-refractivity contribution in [3.8, 4) is 11.3 Å². The van der Waals surface area contributed by atoms with Gasteiger partial charge < -0.3 is 5.11 Å². The third kappa shape index (κ3) is 8.40. The average Bonchev–Trinajstić information content (AvgIpc) is 3.47. The van der Waals surface area contributed by atoms with Gasteiger partial charge in [-0.05, 0) is 47.9 Å². The van der Waals surface area contributed by atoms with Gasteiger partial charge in [0.1, 0.15) is 0 Å². The van der Waals surface area contributed by atoms with E-state index in [0.717, 1.165) is 68.4 Å². The Hall–Kier alpha value is -3.58. The fourth-order valence-electron chi connectivity index (χ4n) is 6.70. The number of pyridine rings is 1. The number of hydrogen-bond acceptors (Lipinski definition) is 4. The van der Waals surface area contributed by atoms with Crippen LogP contribution in [0.15, 0.2) is 84.8 Å². The number of aliphatic hydroxyl groups is 1. The predicted octanol–water partition coefficient (Wildman–Crippen LogP) is 13.4. The molecule has 8 heteroatoms. The average molecular weight is 889 g/mol. The molecule has 1 N–H and O–H groups in total. The van der Waals surface area contributed by atoms with Crippen LogP contribution < -0.4 is 0 Å². The standard InChI is InChI=1S/C30H21F3NS.C13H24O2.Ir/c1-29(2,3)23-15-18(14-17-8-4-5-9-19(17)23)27-26-22(24(16-34-27)30(31,32)33)13-12-21-20-10-6-7-11-25(20)35-28(21)26;1-5-10(6-2)12(14)9-13(15)11(7-3)8-4;/h4-13,15-16H,1-3H3;9-11,14H,5-8H2,1-4H3;/q-1;;/b;12-9-;. The number of aromatic nitrogens is 1. The largest absolute Gasteiger partial charge is 0.512 e. The van der Waals surface area contributed by atoms with Crippen LogP contribution in [0.2, 0.25) is 0 Å². The smallest absolute Gasteiger partial charge is 0.418 e. The van der Waals surface area contributed by atoms with E-state index >= 15 is 0 Å². The van der Waals surface area contributed by atoms with E-state index in [2.05, 4.69) is 37.9 Å². The second kappa shape index (κ2) is 16.4. The van der Waals surface area contributed by atoms with Crippen molar-refractivity contribution in [1.29, 1.82) is 0 Å². The second-order valence-electron chi connectivity index (χ2n) is 13.9. The van der Waals surface area contributed by atoms with Crippen molar-refractivity contribution in [2.45, 2.75) is 85.7 Å².